The minimum Gasteiger partial charge on any atom is -0.356 e. The van der Waals surface area contributed by atoms with Gasteiger partial charge in [0.2, 0.25) is 0 Å². The summed E-state index contributed by atoms with van der Waals surface area (Å²) in [6, 6.07) is 6.08. The molecule has 0 spiro atoms. The van der Waals surface area contributed by atoms with E-state index in [1.807, 2.05) is 19.1 Å². The van der Waals surface area contributed by atoms with Crippen LogP contribution in [-0.2, 0) is 6.42 Å². The molecule has 0 saturated heterocycles. The Hall–Kier alpha value is -1.35. The van der Waals surface area contributed by atoms with Gasteiger partial charge in [0.1, 0.15) is 0 Å². The standard InChI is InChI=1S/C10H12N2O/c1-7-2-3-8-9(4-5-11)12-13-10(8)6-7/h2-3,6H,4-5,11H2,1H3. The van der Waals surface area contributed by atoms with Crippen LogP contribution in [0.2, 0.25) is 0 Å². The summed E-state index contributed by atoms with van der Waals surface area (Å²) < 4.78 is 5.18. The Morgan fingerprint density at radius 2 is 2.31 bits per heavy atom. The number of fused-ring (bicyclic) bond motifs is 1. The normalized spacial score (nSPS) is 10.9. The number of nitrogens with zero attached hydrogens (tertiary/aromatic N) is 1. The van der Waals surface area contributed by atoms with Gasteiger partial charge in [-0.15, -0.1) is 0 Å². The molecule has 0 radical (unpaired) electrons. The van der Waals surface area contributed by atoms with Crippen LogP contribution in [0, 0.1) is 6.92 Å². The van der Waals surface area contributed by atoms with E-state index in [0.29, 0.717) is 6.54 Å². The molecular weight excluding hydrogens is 164 g/mol. The highest BCUT2D eigenvalue weighted by atomic mass is 16.5. The first-order valence-corrected chi connectivity index (χ1v) is 4.36. The number of hydrogen-bond donors (Lipinski definition) is 1. The third kappa shape index (κ3) is 1.42. The van der Waals surface area contributed by atoms with Gasteiger partial charge in [-0.1, -0.05) is 11.2 Å². The molecule has 0 saturated carbocycles. The second-order valence-electron chi connectivity index (χ2n) is 3.17. The van der Waals surface area contributed by atoms with Crippen LogP contribution < -0.4 is 5.73 Å². The van der Waals surface area contributed by atoms with E-state index < -0.39 is 0 Å². The second-order valence-corrected chi connectivity index (χ2v) is 3.17. The molecule has 0 aliphatic carbocycles. The van der Waals surface area contributed by atoms with E-state index >= 15 is 0 Å². The van der Waals surface area contributed by atoms with Crippen LogP contribution in [0.3, 0.4) is 0 Å². The molecule has 1 heterocycles. The van der Waals surface area contributed by atoms with E-state index in [-0.39, 0.29) is 0 Å². The first-order chi connectivity index (χ1) is 6.31. The van der Waals surface area contributed by atoms with Gasteiger partial charge in [-0.3, -0.25) is 0 Å². The van der Waals surface area contributed by atoms with Crippen LogP contribution in [0.25, 0.3) is 11.0 Å². The summed E-state index contributed by atoms with van der Waals surface area (Å²) >= 11 is 0. The highest BCUT2D eigenvalue weighted by molar-refractivity contribution is 5.79. The fourth-order valence-corrected chi connectivity index (χ4v) is 1.41. The van der Waals surface area contributed by atoms with Crippen molar-refractivity contribution in [3.8, 4) is 0 Å². The highest BCUT2D eigenvalue weighted by Crippen LogP contribution is 2.19. The Balaban J connectivity index is 2.55. The average Bonchev–Trinajstić information content (AvgIpc) is 2.49. The summed E-state index contributed by atoms with van der Waals surface area (Å²) in [6.07, 6.45) is 0.774. The van der Waals surface area contributed by atoms with Crippen LogP contribution in [0.1, 0.15) is 11.3 Å². The van der Waals surface area contributed by atoms with E-state index in [4.69, 9.17) is 10.3 Å². The van der Waals surface area contributed by atoms with Gasteiger partial charge in [0.15, 0.2) is 5.58 Å². The largest absolute Gasteiger partial charge is 0.356 e. The number of aromatic nitrogens is 1. The van der Waals surface area contributed by atoms with Crippen molar-refractivity contribution in [1.82, 2.24) is 5.16 Å². The lowest BCUT2D eigenvalue weighted by molar-refractivity contribution is 0.446. The van der Waals surface area contributed by atoms with E-state index in [1.165, 1.54) is 5.56 Å². The Morgan fingerprint density at radius 3 is 3.08 bits per heavy atom. The molecule has 1 aromatic carbocycles. The fourth-order valence-electron chi connectivity index (χ4n) is 1.41. The Labute approximate surface area is 76.5 Å². The lowest BCUT2D eigenvalue weighted by Crippen LogP contribution is -2.02. The molecular formula is C10H12N2O. The molecule has 0 aliphatic rings. The average molecular weight is 176 g/mol. The van der Waals surface area contributed by atoms with E-state index in [2.05, 4.69) is 11.2 Å². The Morgan fingerprint density at radius 1 is 1.46 bits per heavy atom. The number of aryl methyl sites for hydroxylation is 1. The third-order valence-corrected chi connectivity index (χ3v) is 2.08. The maximum atomic E-state index is 5.46. The van der Waals surface area contributed by atoms with Crippen molar-refractivity contribution in [2.45, 2.75) is 13.3 Å². The van der Waals surface area contributed by atoms with Gasteiger partial charge in [-0.05, 0) is 31.2 Å². The number of rotatable bonds is 2. The highest BCUT2D eigenvalue weighted by Gasteiger charge is 2.06. The van der Waals surface area contributed by atoms with Gasteiger partial charge in [-0.25, -0.2) is 0 Å². The topological polar surface area (TPSA) is 52.0 Å². The molecule has 0 fully saturated rings. The molecule has 1 aromatic heterocycles. The molecule has 3 nitrogen and oxygen atoms in total. The van der Waals surface area contributed by atoms with Crippen molar-refractivity contribution in [2.75, 3.05) is 6.54 Å². The van der Waals surface area contributed by atoms with E-state index in [1.54, 1.807) is 0 Å². The fraction of sp³-hybridized carbons (Fsp3) is 0.300. The van der Waals surface area contributed by atoms with Crippen LogP contribution in [0.15, 0.2) is 22.7 Å². The molecule has 68 valence electrons. The lowest BCUT2D eigenvalue weighted by atomic mass is 10.1. The third-order valence-electron chi connectivity index (χ3n) is 2.08. The predicted octanol–water partition coefficient (Wildman–Crippen LogP) is 1.64. The Kier molecular flexibility index (Phi) is 2.02. The van der Waals surface area contributed by atoms with Crippen molar-refractivity contribution in [3.05, 3.63) is 29.5 Å². The van der Waals surface area contributed by atoms with Crippen molar-refractivity contribution in [3.63, 3.8) is 0 Å². The molecule has 0 bridgehead atoms. The lowest BCUT2D eigenvalue weighted by Gasteiger charge is -1.92. The van der Waals surface area contributed by atoms with Crippen molar-refractivity contribution in [1.29, 1.82) is 0 Å². The van der Waals surface area contributed by atoms with Crippen LogP contribution in [-0.4, -0.2) is 11.7 Å². The summed E-state index contributed by atoms with van der Waals surface area (Å²) in [6.45, 7) is 2.64. The molecule has 2 aromatic rings. The summed E-state index contributed by atoms with van der Waals surface area (Å²) in [7, 11) is 0. The zero-order chi connectivity index (χ0) is 9.26. The monoisotopic (exact) mass is 176 g/mol. The van der Waals surface area contributed by atoms with Gasteiger partial charge in [0, 0.05) is 11.8 Å². The number of benzene rings is 1. The summed E-state index contributed by atoms with van der Waals surface area (Å²) in [4.78, 5) is 0. The Bertz CT molecular complexity index is 420. The summed E-state index contributed by atoms with van der Waals surface area (Å²) in [5, 5.41) is 5.05. The molecule has 0 aliphatic heterocycles. The number of hydrogen-bond acceptors (Lipinski definition) is 3. The predicted molar refractivity (Wildman–Crippen MR) is 51.5 cm³/mol. The molecule has 3 heteroatoms. The zero-order valence-electron chi connectivity index (χ0n) is 7.58. The summed E-state index contributed by atoms with van der Waals surface area (Å²) in [5.41, 5.74) is 8.45. The first-order valence-electron chi connectivity index (χ1n) is 4.36. The minimum absolute atomic E-state index is 0.607. The van der Waals surface area contributed by atoms with E-state index in [9.17, 15) is 0 Å². The molecule has 2 N–H and O–H groups in total. The molecule has 2 rings (SSSR count). The van der Waals surface area contributed by atoms with Gasteiger partial charge in [0.25, 0.3) is 0 Å². The van der Waals surface area contributed by atoms with Crippen molar-refractivity contribution >= 4 is 11.0 Å². The first kappa shape index (κ1) is 8.26. The molecule has 0 atom stereocenters. The van der Waals surface area contributed by atoms with Crippen molar-refractivity contribution < 1.29 is 4.52 Å². The minimum atomic E-state index is 0.607. The molecule has 0 amide bonds. The van der Waals surface area contributed by atoms with Crippen LogP contribution in [0.5, 0.6) is 0 Å². The zero-order valence-corrected chi connectivity index (χ0v) is 7.58. The summed E-state index contributed by atoms with van der Waals surface area (Å²) in [5.74, 6) is 0. The smallest absolute Gasteiger partial charge is 0.167 e. The van der Waals surface area contributed by atoms with Gasteiger partial charge < -0.3 is 10.3 Å². The SMILES string of the molecule is Cc1ccc2c(CCN)noc2c1. The maximum absolute atomic E-state index is 5.46. The second kappa shape index (κ2) is 3.18. The molecule has 0 unspecified atom stereocenters. The van der Waals surface area contributed by atoms with Gasteiger partial charge in [-0.2, -0.15) is 0 Å². The number of nitrogens with two attached hydrogens (primary N) is 1. The quantitative estimate of drug-likeness (QED) is 0.756. The molecule has 13 heavy (non-hydrogen) atoms. The maximum Gasteiger partial charge on any atom is 0.167 e. The van der Waals surface area contributed by atoms with Crippen LogP contribution >= 0.6 is 0 Å². The van der Waals surface area contributed by atoms with Gasteiger partial charge in [0.05, 0.1) is 5.69 Å². The van der Waals surface area contributed by atoms with E-state index in [0.717, 1.165) is 23.1 Å². The van der Waals surface area contributed by atoms with Crippen molar-refractivity contribution in [2.24, 2.45) is 5.73 Å². The van der Waals surface area contributed by atoms with Crippen LogP contribution in [0.4, 0.5) is 0 Å². The van der Waals surface area contributed by atoms with Gasteiger partial charge >= 0.3 is 0 Å².